The zero-order chi connectivity index (χ0) is 26.8. The van der Waals surface area contributed by atoms with Crippen LogP contribution in [-0.4, -0.2) is 40.5 Å². The smallest absolute Gasteiger partial charge is 0.259 e. The van der Waals surface area contributed by atoms with Gasteiger partial charge in [-0.05, 0) is 84.7 Å². The van der Waals surface area contributed by atoms with Crippen molar-refractivity contribution in [2.45, 2.75) is 24.8 Å². The highest BCUT2D eigenvalue weighted by Gasteiger charge is 2.25. The number of rotatable bonds is 6. The highest BCUT2D eigenvalue weighted by atomic mass is 32.1. The van der Waals surface area contributed by atoms with Crippen molar-refractivity contribution >= 4 is 33.1 Å². The first-order valence-corrected chi connectivity index (χ1v) is 14.1. The quantitative estimate of drug-likeness (QED) is 0.283. The van der Waals surface area contributed by atoms with Crippen LogP contribution >= 0.6 is 11.3 Å². The number of aromatic nitrogens is 2. The van der Waals surface area contributed by atoms with Gasteiger partial charge in [0.05, 0.1) is 0 Å². The fourth-order valence-electron chi connectivity index (χ4n) is 5.47. The van der Waals surface area contributed by atoms with Gasteiger partial charge in [-0.3, -0.25) is 19.5 Å². The molecule has 1 N–H and O–H groups in total. The highest BCUT2D eigenvalue weighted by molar-refractivity contribution is 7.13. The summed E-state index contributed by atoms with van der Waals surface area (Å²) < 4.78 is 1.51. The summed E-state index contributed by atoms with van der Waals surface area (Å²) in [6, 6.07) is 25.2. The maximum Gasteiger partial charge on any atom is 0.259 e. The Bertz CT molecular complexity index is 1640. The minimum absolute atomic E-state index is 0.209. The molecule has 3 aromatic carbocycles. The van der Waals surface area contributed by atoms with Crippen LogP contribution in [0.4, 0.5) is 5.13 Å². The molecule has 7 heteroatoms. The predicted molar refractivity (Wildman–Crippen MR) is 158 cm³/mol. The maximum atomic E-state index is 13.7. The van der Waals surface area contributed by atoms with Gasteiger partial charge in [0.25, 0.3) is 11.5 Å². The molecule has 0 bridgehead atoms. The first-order valence-electron chi connectivity index (χ1n) is 13.3. The molecule has 0 spiro atoms. The fraction of sp³-hybridized carbons (Fsp3) is 0.219. The summed E-state index contributed by atoms with van der Waals surface area (Å²) in [7, 11) is 2.19. The average Bonchev–Trinajstić information content (AvgIpc) is 3.48. The molecule has 1 unspecified atom stereocenters. The van der Waals surface area contributed by atoms with Gasteiger partial charge in [-0.15, -0.1) is 11.3 Å². The number of nitrogens with zero attached hydrogens (tertiary/aromatic N) is 3. The van der Waals surface area contributed by atoms with Gasteiger partial charge in [0, 0.05) is 23.2 Å². The van der Waals surface area contributed by atoms with E-state index in [1.807, 2.05) is 48.5 Å². The van der Waals surface area contributed by atoms with Crippen LogP contribution < -0.4 is 10.9 Å². The van der Waals surface area contributed by atoms with Crippen LogP contribution in [0, 0.1) is 0 Å². The molecule has 0 aliphatic carbocycles. The number of thiazole rings is 1. The summed E-state index contributed by atoms with van der Waals surface area (Å²) in [4.78, 5) is 33.7. The van der Waals surface area contributed by atoms with Crippen LogP contribution in [0.3, 0.4) is 0 Å². The molecule has 39 heavy (non-hydrogen) atoms. The van der Waals surface area contributed by atoms with E-state index in [1.165, 1.54) is 34.3 Å². The molecule has 0 saturated carbocycles. The van der Waals surface area contributed by atoms with E-state index in [1.54, 1.807) is 17.8 Å². The molecular weight excluding hydrogens is 504 g/mol. The van der Waals surface area contributed by atoms with Gasteiger partial charge >= 0.3 is 0 Å². The third kappa shape index (κ3) is 5.28. The van der Waals surface area contributed by atoms with Crippen LogP contribution in [0.25, 0.3) is 21.9 Å². The lowest BCUT2D eigenvalue weighted by atomic mass is 9.88. The number of carbonyl (C=O) groups is 1. The highest BCUT2D eigenvalue weighted by Crippen LogP contribution is 2.30. The molecule has 1 atom stereocenters. The number of carbonyl (C=O) groups excluding carboxylic acids is 1. The van der Waals surface area contributed by atoms with Gasteiger partial charge in [0.15, 0.2) is 5.13 Å². The molecule has 6 rings (SSSR count). The first-order chi connectivity index (χ1) is 19.1. The second kappa shape index (κ2) is 11.0. The van der Waals surface area contributed by atoms with E-state index < -0.39 is 6.04 Å². The lowest BCUT2D eigenvalue weighted by Gasteiger charge is -2.29. The Kier molecular flexibility index (Phi) is 7.09. The Morgan fingerprint density at radius 2 is 1.72 bits per heavy atom. The van der Waals surface area contributed by atoms with E-state index in [2.05, 4.69) is 52.6 Å². The standard InChI is InChI=1S/C32H30N4O2S/c1-35-17-13-24(14-18-35)22-7-9-23(10-8-22)26-11-12-28-27(21-26)15-19-36(31(28)38)29(25-5-3-2-4-6-25)30(37)34-32-33-16-20-39-32/h2-12,15-16,19-21,24,29H,13-14,17-18H2,1H3,(H,33,34,37). The van der Waals surface area contributed by atoms with Crippen LogP contribution in [0.5, 0.6) is 0 Å². The van der Waals surface area contributed by atoms with Crippen molar-refractivity contribution in [2.75, 3.05) is 25.5 Å². The summed E-state index contributed by atoms with van der Waals surface area (Å²) in [5.41, 5.74) is 4.12. The molecule has 3 heterocycles. The number of nitrogens with one attached hydrogen (secondary N) is 1. The molecule has 1 aliphatic rings. The van der Waals surface area contributed by atoms with Gasteiger partial charge in [-0.25, -0.2) is 4.98 Å². The molecule has 2 aromatic heterocycles. The molecule has 1 aliphatic heterocycles. The van der Waals surface area contributed by atoms with E-state index in [4.69, 9.17) is 0 Å². The minimum Gasteiger partial charge on any atom is -0.306 e. The van der Waals surface area contributed by atoms with E-state index in [9.17, 15) is 9.59 Å². The Morgan fingerprint density at radius 1 is 0.974 bits per heavy atom. The van der Waals surface area contributed by atoms with Crippen molar-refractivity contribution in [1.82, 2.24) is 14.5 Å². The van der Waals surface area contributed by atoms with Gasteiger partial charge in [-0.1, -0.05) is 60.7 Å². The lowest BCUT2D eigenvalue weighted by Crippen LogP contribution is -2.33. The van der Waals surface area contributed by atoms with Crippen molar-refractivity contribution in [2.24, 2.45) is 0 Å². The van der Waals surface area contributed by atoms with Crippen molar-refractivity contribution < 1.29 is 4.79 Å². The summed E-state index contributed by atoms with van der Waals surface area (Å²) in [6.45, 7) is 2.29. The Hall–Kier alpha value is -4.07. The Morgan fingerprint density at radius 3 is 2.44 bits per heavy atom. The number of anilines is 1. The summed E-state index contributed by atoms with van der Waals surface area (Å²) in [5, 5.41) is 6.59. The van der Waals surface area contributed by atoms with Crippen molar-refractivity contribution in [1.29, 1.82) is 0 Å². The fourth-order valence-corrected chi connectivity index (χ4v) is 6.00. The Balaban J connectivity index is 1.31. The molecule has 6 nitrogen and oxygen atoms in total. The monoisotopic (exact) mass is 534 g/mol. The number of likely N-dealkylation sites (tertiary alicyclic amines) is 1. The normalized spacial score (nSPS) is 15.3. The third-order valence-electron chi connectivity index (χ3n) is 7.67. The summed E-state index contributed by atoms with van der Waals surface area (Å²) in [5.74, 6) is 0.314. The Labute approximate surface area is 231 Å². The van der Waals surface area contributed by atoms with Crippen LogP contribution in [0.15, 0.2) is 101 Å². The first kappa shape index (κ1) is 25.2. The number of benzene rings is 3. The zero-order valence-electron chi connectivity index (χ0n) is 21.8. The van der Waals surface area contributed by atoms with Crippen LogP contribution in [0.1, 0.15) is 35.9 Å². The SMILES string of the molecule is CN1CCC(c2ccc(-c3ccc4c(=O)n(C(C(=O)Nc5nccs5)c5ccccc5)ccc4c3)cc2)CC1. The third-order valence-corrected chi connectivity index (χ3v) is 8.36. The number of amides is 1. The van der Waals surface area contributed by atoms with Crippen molar-refractivity contribution in [3.8, 4) is 11.1 Å². The van der Waals surface area contributed by atoms with Gasteiger partial charge < -0.3 is 4.90 Å². The number of fused-ring (bicyclic) bond motifs is 1. The number of hydrogen-bond donors (Lipinski definition) is 1. The molecule has 5 aromatic rings. The van der Waals surface area contributed by atoms with Crippen LogP contribution in [0.2, 0.25) is 0 Å². The van der Waals surface area contributed by atoms with E-state index in [0.29, 0.717) is 16.4 Å². The summed E-state index contributed by atoms with van der Waals surface area (Å²) in [6.07, 6.45) is 5.75. The van der Waals surface area contributed by atoms with E-state index in [0.717, 1.165) is 35.2 Å². The van der Waals surface area contributed by atoms with Crippen molar-refractivity contribution in [3.63, 3.8) is 0 Å². The molecule has 1 saturated heterocycles. The number of pyridine rings is 1. The van der Waals surface area contributed by atoms with Gasteiger partial charge in [0.2, 0.25) is 0 Å². The second-order valence-corrected chi connectivity index (χ2v) is 11.1. The zero-order valence-corrected chi connectivity index (χ0v) is 22.6. The topological polar surface area (TPSA) is 67.2 Å². The average molecular weight is 535 g/mol. The van der Waals surface area contributed by atoms with Crippen molar-refractivity contribution in [3.05, 3.63) is 118 Å². The van der Waals surface area contributed by atoms with Gasteiger partial charge in [0.1, 0.15) is 6.04 Å². The lowest BCUT2D eigenvalue weighted by molar-refractivity contribution is -0.118. The molecule has 1 amide bonds. The number of hydrogen-bond acceptors (Lipinski definition) is 5. The molecule has 1 fully saturated rings. The largest absolute Gasteiger partial charge is 0.306 e. The van der Waals surface area contributed by atoms with Crippen LogP contribution in [-0.2, 0) is 4.79 Å². The summed E-state index contributed by atoms with van der Waals surface area (Å²) >= 11 is 1.34. The second-order valence-electron chi connectivity index (χ2n) is 10.2. The maximum absolute atomic E-state index is 13.7. The molecule has 0 radical (unpaired) electrons. The molecule has 196 valence electrons. The van der Waals surface area contributed by atoms with E-state index in [-0.39, 0.29) is 11.5 Å². The van der Waals surface area contributed by atoms with Gasteiger partial charge in [-0.2, -0.15) is 0 Å². The number of piperidine rings is 1. The predicted octanol–water partition coefficient (Wildman–Crippen LogP) is 6.16. The van der Waals surface area contributed by atoms with E-state index >= 15 is 0 Å². The minimum atomic E-state index is -0.821. The molecular formula is C32H30N4O2S.